The molecule has 1 amide bonds. The second-order valence-electron chi connectivity index (χ2n) is 6.24. The Hall–Kier alpha value is -2.40. The number of amides is 1. The molecule has 1 aliphatic rings. The van der Waals surface area contributed by atoms with Gasteiger partial charge in [0.1, 0.15) is 11.6 Å². The minimum Gasteiger partial charge on any atom is -0.497 e. The predicted octanol–water partition coefficient (Wildman–Crippen LogP) is 3.20. The van der Waals surface area contributed by atoms with Gasteiger partial charge in [0, 0.05) is 19.8 Å². The molecule has 0 aromatic heterocycles. The summed E-state index contributed by atoms with van der Waals surface area (Å²) in [7, 11) is 1.61. The lowest BCUT2D eigenvalue weighted by Gasteiger charge is -2.36. The van der Waals surface area contributed by atoms with Gasteiger partial charge in [-0.15, -0.1) is 0 Å². The van der Waals surface area contributed by atoms with Crippen LogP contribution in [0, 0.1) is 5.82 Å². The van der Waals surface area contributed by atoms with Gasteiger partial charge in [-0.2, -0.15) is 0 Å². The zero-order valence-electron chi connectivity index (χ0n) is 14.3. The number of carbonyl (C=O) groups is 1. The molecule has 1 N–H and O–H groups in total. The molecule has 0 aliphatic carbocycles. The summed E-state index contributed by atoms with van der Waals surface area (Å²) in [5.74, 6) is 0.402. The normalized spacial score (nSPS) is 16.2. The number of benzene rings is 2. The molecule has 0 saturated carbocycles. The van der Waals surface area contributed by atoms with Crippen LogP contribution in [0.25, 0.3) is 0 Å². The molecular formula is C20H22FNO3. The fourth-order valence-electron chi connectivity index (χ4n) is 3.27. The van der Waals surface area contributed by atoms with E-state index in [2.05, 4.69) is 5.32 Å². The van der Waals surface area contributed by atoms with Crippen molar-refractivity contribution in [2.24, 2.45) is 0 Å². The van der Waals surface area contributed by atoms with Crippen LogP contribution < -0.4 is 10.1 Å². The molecule has 0 spiro atoms. The van der Waals surface area contributed by atoms with Gasteiger partial charge in [-0.3, -0.25) is 4.79 Å². The Morgan fingerprint density at radius 1 is 1.20 bits per heavy atom. The van der Waals surface area contributed by atoms with E-state index in [1.165, 1.54) is 12.1 Å². The standard InChI is InChI=1S/C20H22FNO3/c1-24-18-4-2-3-15(13-18)14-22-19(23)20(9-11-25-12-10-20)16-5-7-17(21)8-6-16/h2-8,13H,9-12,14H2,1H3,(H,22,23). The Labute approximate surface area is 147 Å². The summed E-state index contributed by atoms with van der Waals surface area (Å²) in [4.78, 5) is 13.0. The first-order valence-electron chi connectivity index (χ1n) is 8.39. The Bertz CT molecular complexity index is 724. The summed E-state index contributed by atoms with van der Waals surface area (Å²) in [5, 5.41) is 3.03. The number of hydrogen-bond donors (Lipinski definition) is 1. The monoisotopic (exact) mass is 343 g/mol. The van der Waals surface area contributed by atoms with Crippen LogP contribution in [-0.4, -0.2) is 26.2 Å². The van der Waals surface area contributed by atoms with Crippen LogP contribution >= 0.6 is 0 Å². The van der Waals surface area contributed by atoms with Crippen LogP contribution in [0.4, 0.5) is 4.39 Å². The summed E-state index contributed by atoms with van der Waals surface area (Å²) in [6.07, 6.45) is 1.17. The third-order valence-electron chi connectivity index (χ3n) is 4.77. The van der Waals surface area contributed by atoms with E-state index in [4.69, 9.17) is 9.47 Å². The Balaban J connectivity index is 1.78. The van der Waals surface area contributed by atoms with E-state index >= 15 is 0 Å². The molecule has 5 heteroatoms. The molecular weight excluding hydrogens is 321 g/mol. The maximum Gasteiger partial charge on any atom is 0.231 e. The summed E-state index contributed by atoms with van der Waals surface area (Å²) in [6.45, 7) is 1.45. The zero-order chi connectivity index (χ0) is 17.7. The molecule has 0 radical (unpaired) electrons. The number of hydrogen-bond acceptors (Lipinski definition) is 3. The number of nitrogens with one attached hydrogen (secondary N) is 1. The summed E-state index contributed by atoms with van der Waals surface area (Å²) >= 11 is 0. The van der Waals surface area contributed by atoms with Crippen molar-refractivity contribution in [2.75, 3.05) is 20.3 Å². The first-order valence-corrected chi connectivity index (χ1v) is 8.39. The van der Waals surface area contributed by atoms with Crippen LogP contribution in [0.1, 0.15) is 24.0 Å². The molecule has 0 atom stereocenters. The van der Waals surface area contributed by atoms with E-state index in [9.17, 15) is 9.18 Å². The lowest BCUT2D eigenvalue weighted by Crippen LogP contribution is -2.47. The van der Waals surface area contributed by atoms with E-state index in [1.807, 2.05) is 24.3 Å². The van der Waals surface area contributed by atoms with E-state index in [-0.39, 0.29) is 11.7 Å². The molecule has 4 nitrogen and oxygen atoms in total. The van der Waals surface area contributed by atoms with Crippen molar-refractivity contribution in [3.63, 3.8) is 0 Å². The third-order valence-corrected chi connectivity index (χ3v) is 4.77. The van der Waals surface area contributed by atoms with Gasteiger partial charge in [0.25, 0.3) is 0 Å². The van der Waals surface area contributed by atoms with Gasteiger partial charge in [-0.25, -0.2) is 4.39 Å². The van der Waals surface area contributed by atoms with Crippen molar-refractivity contribution in [1.29, 1.82) is 0 Å². The summed E-state index contributed by atoms with van der Waals surface area (Å²) in [6, 6.07) is 13.8. The first kappa shape index (κ1) is 17.4. The van der Waals surface area contributed by atoms with Crippen LogP contribution in [-0.2, 0) is 21.5 Å². The molecule has 2 aromatic carbocycles. The van der Waals surface area contributed by atoms with E-state index in [0.29, 0.717) is 32.6 Å². The van der Waals surface area contributed by atoms with Gasteiger partial charge >= 0.3 is 0 Å². The van der Waals surface area contributed by atoms with E-state index < -0.39 is 5.41 Å². The molecule has 25 heavy (non-hydrogen) atoms. The average molecular weight is 343 g/mol. The largest absolute Gasteiger partial charge is 0.497 e. The minimum absolute atomic E-state index is 0.0507. The maximum atomic E-state index is 13.3. The quantitative estimate of drug-likeness (QED) is 0.907. The highest BCUT2D eigenvalue weighted by atomic mass is 19.1. The van der Waals surface area contributed by atoms with Crippen LogP contribution in [0.2, 0.25) is 0 Å². The highest BCUT2D eigenvalue weighted by Gasteiger charge is 2.41. The summed E-state index contributed by atoms with van der Waals surface area (Å²) < 4.78 is 23.9. The number of rotatable bonds is 5. The van der Waals surface area contributed by atoms with Crippen LogP contribution in [0.3, 0.4) is 0 Å². The van der Waals surface area contributed by atoms with E-state index in [1.54, 1.807) is 19.2 Å². The van der Waals surface area contributed by atoms with Gasteiger partial charge in [0.2, 0.25) is 5.91 Å². The molecule has 0 unspecified atom stereocenters. The van der Waals surface area contributed by atoms with Crippen molar-refractivity contribution < 1.29 is 18.7 Å². The van der Waals surface area contributed by atoms with Gasteiger partial charge in [-0.1, -0.05) is 24.3 Å². The maximum absolute atomic E-state index is 13.3. The Morgan fingerprint density at radius 3 is 2.60 bits per heavy atom. The molecule has 1 heterocycles. The predicted molar refractivity (Wildman–Crippen MR) is 93.0 cm³/mol. The van der Waals surface area contributed by atoms with Crippen LogP contribution in [0.15, 0.2) is 48.5 Å². The molecule has 1 aliphatic heterocycles. The van der Waals surface area contributed by atoms with Crippen molar-refractivity contribution in [2.45, 2.75) is 24.8 Å². The number of ether oxygens (including phenoxy) is 2. The van der Waals surface area contributed by atoms with Crippen molar-refractivity contribution in [3.8, 4) is 5.75 Å². The van der Waals surface area contributed by atoms with Gasteiger partial charge in [-0.05, 0) is 48.2 Å². The highest BCUT2D eigenvalue weighted by Crippen LogP contribution is 2.35. The first-order chi connectivity index (χ1) is 12.1. The number of methoxy groups -OCH3 is 1. The Kier molecular flexibility index (Phi) is 5.34. The highest BCUT2D eigenvalue weighted by molar-refractivity contribution is 5.88. The lowest BCUT2D eigenvalue weighted by molar-refractivity contribution is -0.130. The molecule has 2 aromatic rings. The molecule has 3 rings (SSSR count). The fourth-order valence-corrected chi connectivity index (χ4v) is 3.27. The SMILES string of the molecule is COc1cccc(CNC(=O)C2(c3ccc(F)cc3)CCOCC2)c1. The molecule has 0 bridgehead atoms. The Morgan fingerprint density at radius 2 is 1.92 bits per heavy atom. The van der Waals surface area contributed by atoms with Gasteiger partial charge < -0.3 is 14.8 Å². The van der Waals surface area contributed by atoms with Crippen LogP contribution in [0.5, 0.6) is 5.75 Å². The second kappa shape index (κ2) is 7.66. The van der Waals surface area contributed by atoms with Crippen molar-refractivity contribution in [3.05, 3.63) is 65.5 Å². The van der Waals surface area contributed by atoms with E-state index in [0.717, 1.165) is 16.9 Å². The minimum atomic E-state index is -0.676. The average Bonchev–Trinajstić information content (AvgIpc) is 2.67. The van der Waals surface area contributed by atoms with Crippen molar-refractivity contribution >= 4 is 5.91 Å². The second-order valence-corrected chi connectivity index (χ2v) is 6.24. The number of carbonyl (C=O) groups excluding carboxylic acids is 1. The van der Waals surface area contributed by atoms with Crippen molar-refractivity contribution in [1.82, 2.24) is 5.32 Å². The molecule has 1 fully saturated rings. The zero-order valence-corrected chi connectivity index (χ0v) is 14.3. The molecule has 1 saturated heterocycles. The fraction of sp³-hybridized carbons (Fsp3) is 0.350. The smallest absolute Gasteiger partial charge is 0.231 e. The summed E-state index contributed by atoms with van der Waals surface area (Å²) in [5.41, 5.74) is 1.12. The topological polar surface area (TPSA) is 47.6 Å². The van der Waals surface area contributed by atoms with Gasteiger partial charge in [0.15, 0.2) is 0 Å². The molecule has 132 valence electrons. The number of halogens is 1. The lowest BCUT2D eigenvalue weighted by atomic mass is 9.73. The third kappa shape index (κ3) is 3.82. The van der Waals surface area contributed by atoms with Gasteiger partial charge in [0.05, 0.1) is 12.5 Å².